The summed E-state index contributed by atoms with van der Waals surface area (Å²) < 4.78 is 2.35. The maximum absolute atomic E-state index is 4.69. The molecule has 2 fully saturated rings. The first-order chi connectivity index (χ1) is 9.31. The summed E-state index contributed by atoms with van der Waals surface area (Å²) >= 11 is 2.12. The summed E-state index contributed by atoms with van der Waals surface area (Å²) in [4.78, 5) is 4.69. The van der Waals surface area contributed by atoms with Gasteiger partial charge in [-0.1, -0.05) is 19.3 Å². The summed E-state index contributed by atoms with van der Waals surface area (Å²) in [7, 11) is 0. The summed E-state index contributed by atoms with van der Waals surface area (Å²) in [6.07, 6.45) is 11.7. The first kappa shape index (κ1) is 13.3. The Labute approximate surface area is 120 Å². The Hall–Kier alpha value is -0.640. The van der Waals surface area contributed by atoms with Crippen molar-refractivity contribution in [3.05, 3.63) is 11.9 Å². The van der Waals surface area contributed by atoms with Crippen molar-refractivity contribution in [3.63, 3.8) is 0 Å². The van der Waals surface area contributed by atoms with Crippen LogP contribution in [0.5, 0.6) is 0 Å². The second-order valence-corrected chi connectivity index (χ2v) is 7.38. The Kier molecular flexibility index (Phi) is 4.36. The molecule has 0 radical (unpaired) electrons. The van der Waals surface area contributed by atoms with Gasteiger partial charge in [-0.25, -0.2) is 4.98 Å². The molecule has 3 rings (SSSR count). The van der Waals surface area contributed by atoms with Crippen LogP contribution in [-0.2, 0) is 6.54 Å². The molecule has 19 heavy (non-hydrogen) atoms. The van der Waals surface area contributed by atoms with Crippen LogP contribution in [0.1, 0.15) is 50.6 Å². The fraction of sp³-hybridized carbons (Fsp3) is 0.800. The van der Waals surface area contributed by atoms with Crippen LogP contribution in [0.4, 0.5) is 5.95 Å². The van der Waals surface area contributed by atoms with E-state index in [-0.39, 0.29) is 0 Å². The van der Waals surface area contributed by atoms with E-state index >= 15 is 0 Å². The quantitative estimate of drug-likeness (QED) is 0.908. The van der Waals surface area contributed by atoms with Gasteiger partial charge in [0.05, 0.1) is 5.69 Å². The molecule has 1 aromatic rings. The van der Waals surface area contributed by atoms with E-state index in [1.54, 1.807) is 0 Å². The van der Waals surface area contributed by atoms with Crippen LogP contribution in [0.3, 0.4) is 0 Å². The van der Waals surface area contributed by atoms with E-state index in [0.29, 0.717) is 6.04 Å². The summed E-state index contributed by atoms with van der Waals surface area (Å²) in [6.45, 7) is 3.23. The molecule has 1 saturated carbocycles. The second kappa shape index (κ2) is 6.21. The smallest absolute Gasteiger partial charge is 0.203 e. The van der Waals surface area contributed by atoms with Crippen molar-refractivity contribution in [3.8, 4) is 0 Å². The fourth-order valence-electron chi connectivity index (χ4n) is 3.24. The lowest BCUT2D eigenvalue weighted by atomic mass is 9.96. The summed E-state index contributed by atoms with van der Waals surface area (Å²) in [5, 5.41) is 4.48. The molecule has 0 spiro atoms. The lowest BCUT2D eigenvalue weighted by molar-refractivity contribution is 0.458. The molecule has 0 bridgehead atoms. The molecular formula is C15H25N3S. The van der Waals surface area contributed by atoms with Gasteiger partial charge in [-0.05, 0) is 38.4 Å². The predicted molar refractivity (Wildman–Crippen MR) is 82.9 cm³/mol. The number of hydrogen-bond donors (Lipinski definition) is 1. The molecule has 1 unspecified atom stereocenters. The zero-order valence-electron chi connectivity index (χ0n) is 11.9. The molecule has 1 aliphatic carbocycles. The van der Waals surface area contributed by atoms with E-state index in [0.717, 1.165) is 23.4 Å². The first-order valence-electron chi connectivity index (χ1n) is 7.73. The van der Waals surface area contributed by atoms with Crippen LogP contribution in [0.25, 0.3) is 0 Å². The van der Waals surface area contributed by atoms with Gasteiger partial charge < -0.3 is 9.88 Å². The number of rotatable bonds is 4. The molecule has 1 aliphatic heterocycles. The van der Waals surface area contributed by atoms with E-state index in [1.165, 1.54) is 50.7 Å². The SMILES string of the molecule is Cc1cn(CC2CCCS2)c(NC2CCCCC2)n1. The number of imidazole rings is 1. The van der Waals surface area contributed by atoms with Crippen molar-refractivity contribution >= 4 is 17.7 Å². The van der Waals surface area contributed by atoms with Crippen LogP contribution < -0.4 is 5.32 Å². The molecule has 1 saturated heterocycles. The van der Waals surface area contributed by atoms with Crippen LogP contribution in [-0.4, -0.2) is 26.6 Å². The molecule has 4 heteroatoms. The van der Waals surface area contributed by atoms with Gasteiger partial charge in [-0.2, -0.15) is 11.8 Å². The maximum atomic E-state index is 4.69. The number of hydrogen-bond acceptors (Lipinski definition) is 3. The largest absolute Gasteiger partial charge is 0.353 e. The molecule has 2 heterocycles. The molecule has 3 nitrogen and oxygen atoms in total. The number of nitrogens with one attached hydrogen (secondary N) is 1. The highest BCUT2D eigenvalue weighted by Gasteiger charge is 2.20. The van der Waals surface area contributed by atoms with Gasteiger partial charge in [0.1, 0.15) is 0 Å². The van der Waals surface area contributed by atoms with Crippen LogP contribution in [0.15, 0.2) is 6.20 Å². The molecule has 2 aliphatic rings. The van der Waals surface area contributed by atoms with Crippen molar-refractivity contribution in [1.29, 1.82) is 0 Å². The van der Waals surface area contributed by atoms with Gasteiger partial charge in [0.25, 0.3) is 0 Å². The first-order valence-corrected chi connectivity index (χ1v) is 8.78. The average molecular weight is 279 g/mol. The minimum absolute atomic E-state index is 0.644. The Morgan fingerprint density at radius 2 is 2.11 bits per heavy atom. The molecule has 0 aromatic carbocycles. The minimum atomic E-state index is 0.644. The van der Waals surface area contributed by atoms with Crippen LogP contribution in [0, 0.1) is 6.92 Å². The van der Waals surface area contributed by atoms with Crippen LogP contribution in [0.2, 0.25) is 0 Å². The highest BCUT2D eigenvalue weighted by Crippen LogP contribution is 2.29. The average Bonchev–Trinajstić information content (AvgIpc) is 3.02. The van der Waals surface area contributed by atoms with E-state index in [9.17, 15) is 0 Å². The molecular weight excluding hydrogens is 254 g/mol. The van der Waals surface area contributed by atoms with Gasteiger partial charge in [0.2, 0.25) is 5.95 Å². The number of aromatic nitrogens is 2. The van der Waals surface area contributed by atoms with Gasteiger partial charge >= 0.3 is 0 Å². The molecule has 1 N–H and O–H groups in total. The third-order valence-corrected chi connectivity index (χ3v) is 5.64. The topological polar surface area (TPSA) is 29.9 Å². The molecule has 1 aromatic heterocycles. The van der Waals surface area contributed by atoms with E-state index in [2.05, 4.69) is 39.8 Å². The van der Waals surface area contributed by atoms with Crippen molar-refractivity contribution < 1.29 is 0 Å². The number of anilines is 1. The Balaban J connectivity index is 1.65. The Morgan fingerprint density at radius 1 is 1.26 bits per heavy atom. The van der Waals surface area contributed by atoms with Crippen molar-refractivity contribution in [1.82, 2.24) is 9.55 Å². The van der Waals surface area contributed by atoms with Crippen molar-refractivity contribution in [2.75, 3.05) is 11.1 Å². The van der Waals surface area contributed by atoms with Gasteiger partial charge in [-0.3, -0.25) is 0 Å². The van der Waals surface area contributed by atoms with Crippen molar-refractivity contribution in [2.24, 2.45) is 0 Å². The number of aryl methyl sites for hydroxylation is 1. The Bertz CT molecular complexity index is 404. The lowest BCUT2D eigenvalue weighted by Crippen LogP contribution is -2.25. The lowest BCUT2D eigenvalue weighted by Gasteiger charge is -2.24. The van der Waals surface area contributed by atoms with Gasteiger partial charge in [-0.15, -0.1) is 0 Å². The normalized spacial score (nSPS) is 24.8. The highest BCUT2D eigenvalue weighted by molar-refractivity contribution is 8.00. The zero-order chi connectivity index (χ0) is 13.1. The summed E-state index contributed by atoms with van der Waals surface area (Å²) in [5.41, 5.74) is 1.14. The van der Waals surface area contributed by atoms with Gasteiger partial charge in [0, 0.05) is 24.0 Å². The maximum Gasteiger partial charge on any atom is 0.203 e. The molecule has 106 valence electrons. The third-order valence-electron chi connectivity index (χ3n) is 4.26. The van der Waals surface area contributed by atoms with Crippen LogP contribution >= 0.6 is 11.8 Å². The third kappa shape index (κ3) is 3.47. The monoisotopic (exact) mass is 279 g/mol. The Morgan fingerprint density at radius 3 is 2.84 bits per heavy atom. The van der Waals surface area contributed by atoms with E-state index in [4.69, 9.17) is 0 Å². The molecule has 0 amide bonds. The standard InChI is InChI=1S/C15H25N3S/c1-12-10-18(11-14-8-5-9-19-14)15(16-12)17-13-6-3-2-4-7-13/h10,13-14H,2-9,11H2,1H3,(H,16,17). The predicted octanol–water partition coefficient (Wildman–Crippen LogP) is 3.83. The van der Waals surface area contributed by atoms with Crippen molar-refractivity contribution in [2.45, 2.75) is 69.7 Å². The number of nitrogens with zero attached hydrogens (tertiary/aromatic N) is 2. The van der Waals surface area contributed by atoms with E-state index < -0.39 is 0 Å². The van der Waals surface area contributed by atoms with E-state index in [1.807, 2.05) is 0 Å². The fourth-order valence-corrected chi connectivity index (χ4v) is 4.50. The highest BCUT2D eigenvalue weighted by atomic mass is 32.2. The second-order valence-electron chi connectivity index (χ2n) is 5.97. The summed E-state index contributed by atoms with van der Waals surface area (Å²) in [5.74, 6) is 2.45. The summed E-state index contributed by atoms with van der Waals surface area (Å²) in [6, 6.07) is 0.644. The minimum Gasteiger partial charge on any atom is -0.353 e. The zero-order valence-corrected chi connectivity index (χ0v) is 12.7. The number of thioether (sulfide) groups is 1. The molecule has 1 atom stereocenters. The van der Waals surface area contributed by atoms with Gasteiger partial charge in [0.15, 0.2) is 0 Å².